The van der Waals surface area contributed by atoms with Crippen molar-refractivity contribution < 1.29 is 22.3 Å². The van der Waals surface area contributed by atoms with Gasteiger partial charge in [0, 0.05) is 6.54 Å². The Morgan fingerprint density at radius 2 is 1.76 bits per heavy atom. The number of hydrogen-bond donors (Lipinski definition) is 1. The molecule has 0 aliphatic rings. The minimum Gasteiger partial charge on any atom is -0.366 e. The fourth-order valence-electron chi connectivity index (χ4n) is 1.24. The van der Waals surface area contributed by atoms with Gasteiger partial charge >= 0.3 is 12.3 Å². The van der Waals surface area contributed by atoms with E-state index in [0.717, 1.165) is 0 Å². The molecule has 1 aromatic carbocycles. The van der Waals surface area contributed by atoms with Crippen molar-refractivity contribution >= 4 is 0 Å². The lowest BCUT2D eigenvalue weighted by Gasteiger charge is -2.21. The Kier molecular flexibility index (Phi) is 4.89. The van der Waals surface area contributed by atoms with Crippen molar-refractivity contribution in [3.05, 3.63) is 35.9 Å². The summed E-state index contributed by atoms with van der Waals surface area (Å²) in [7, 11) is 0. The van der Waals surface area contributed by atoms with Gasteiger partial charge in [-0.15, -0.1) is 0 Å². The highest BCUT2D eigenvalue weighted by atomic mass is 19.3. The minimum absolute atomic E-state index is 0.0523. The van der Waals surface area contributed by atoms with Crippen molar-refractivity contribution in [1.82, 2.24) is 0 Å². The molecule has 0 saturated carbocycles. The number of nitrogens with two attached hydrogens (primary N) is 1. The molecule has 0 heterocycles. The monoisotopic (exact) mass is 251 g/mol. The normalized spacial score (nSPS) is 14.0. The van der Waals surface area contributed by atoms with Crippen LogP contribution in [0.4, 0.5) is 17.6 Å². The van der Waals surface area contributed by atoms with Gasteiger partial charge in [0.25, 0.3) is 0 Å². The van der Waals surface area contributed by atoms with Crippen LogP contribution < -0.4 is 5.73 Å². The van der Waals surface area contributed by atoms with Gasteiger partial charge in [0.15, 0.2) is 0 Å². The Labute approximate surface area is 96.4 Å². The highest BCUT2D eigenvalue weighted by Gasteiger charge is 2.41. The van der Waals surface area contributed by atoms with E-state index in [1.165, 1.54) is 0 Å². The molecule has 0 aromatic heterocycles. The lowest BCUT2D eigenvalue weighted by atomic mass is 10.1. The van der Waals surface area contributed by atoms with Gasteiger partial charge in [-0.05, 0) is 5.56 Å². The van der Waals surface area contributed by atoms with E-state index in [4.69, 9.17) is 10.5 Å². The topological polar surface area (TPSA) is 35.2 Å². The quantitative estimate of drug-likeness (QED) is 0.789. The standard InChI is InChI=1S/C11H13F4NO/c12-10(13)11(14,15)7-17-9(6-16)8-4-2-1-3-5-8/h1-5,9-10H,6-7,16H2. The average molecular weight is 251 g/mol. The Balaban J connectivity index is 2.60. The van der Waals surface area contributed by atoms with Gasteiger partial charge in [-0.1, -0.05) is 30.3 Å². The molecule has 96 valence electrons. The summed E-state index contributed by atoms with van der Waals surface area (Å²) in [5.41, 5.74) is 5.94. The molecule has 0 fully saturated rings. The first-order valence-corrected chi connectivity index (χ1v) is 5.00. The molecule has 2 N–H and O–H groups in total. The van der Waals surface area contributed by atoms with Gasteiger partial charge in [0.1, 0.15) is 6.61 Å². The molecule has 1 rings (SSSR count). The summed E-state index contributed by atoms with van der Waals surface area (Å²) in [5.74, 6) is -4.15. The zero-order chi connectivity index (χ0) is 12.9. The largest absolute Gasteiger partial charge is 0.366 e. The van der Waals surface area contributed by atoms with Crippen LogP contribution in [0, 0.1) is 0 Å². The summed E-state index contributed by atoms with van der Waals surface area (Å²) in [6.45, 7) is -1.40. The van der Waals surface area contributed by atoms with Crippen molar-refractivity contribution in [2.24, 2.45) is 5.73 Å². The first-order valence-electron chi connectivity index (χ1n) is 5.00. The summed E-state index contributed by atoms with van der Waals surface area (Å²) in [4.78, 5) is 0. The second kappa shape index (κ2) is 5.97. The Morgan fingerprint density at radius 1 is 1.18 bits per heavy atom. The number of rotatable bonds is 6. The average Bonchev–Trinajstić information content (AvgIpc) is 2.31. The second-order valence-corrected chi connectivity index (χ2v) is 3.51. The highest BCUT2D eigenvalue weighted by molar-refractivity contribution is 5.17. The third-order valence-corrected chi connectivity index (χ3v) is 2.18. The number of hydrogen-bond acceptors (Lipinski definition) is 2. The van der Waals surface area contributed by atoms with E-state index in [-0.39, 0.29) is 6.54 Å². The lowest BCUT2D eigenvalue weighted by Crippen LogP contribution is -2.34. The molecule has 0 radical (unpaired) electrons. The van der Waals surface area contributed by atoms with Gasteiger partial charge in [-0.2, -0.15) is 8.78 Å². The van der Waals surface area contributed by atoms with Crippen LogP contribution in [0.1, 0.15) is 11.7 Å². The Bertz CT molecular complexity index is 332. The third-order valence-electron chi connectivity index (χ3n) is 2.18. The molecule has 0 amide bonds. The summed E-state index contributed by atoms with van der Waals surface area (Å²) in [5, 5.41) is 0. The molecule has 1 aromatic rings. The summed E-state index contributed by atoms with van der Waals surface area (Å²) < 4.78 is 53.9. The zero-order valence-corrected chi connectivity index (χ0v) is 8.95. The van der Waals surface area contributed by atoms with Gasteiger partial charge < -0.3 is 10.5 Å². The minimum atomic E-state index is -4.15. The van der Waals surface area contributed by atoms with Crippen LogP contribution in [-0.2, 0) is 4.74 Å². The van der Waals surface area contributed by atoms with Crippen molar-refractivity contribution in [3.63, 3.8) is 0 Å². The van der Waals surface area contributed by atoms with Crippen molar-refractivity contribution in [2.45, 2.75) is 18.5 Å². The van der Waals surface area contributed by atoms with E-state index in [2.05, 4.69) is 0 Å². The molecule has 1 atom stereocenters. The molecule has 0 saturated heterocycles. The fraction of sp³-hybridized carbons (Fsp3) is 0.455. The van der Waals surface area contributed by atoms with E-state index >= 15 is 0 Å². The molecule has 0 bridgehead atoms. The predicted molar refractivity (Wildman–Crippen MR) is 55.1 cm³/mol. The smallest absolute Gasteiger partial charge is 0.330 e. The van der Waals surface area contributed by atoms with E-state index in [1.807, 2.05) is 0 Å². The number of alkyl halides is 4. The Hall–Kier alpha value is -1.14. The number of ether oxygens (including phenoxy) is 1. The van der Waals surface area contributed by atoms with Crippen LogP contribution in [0.25, 0.3) is 0 Å². The zero-order valence-electron chi connectivity index (χ0n) is 8.95. The first kappa shape index (κ1) is 13.9. The molecule has 1 unspecified atom stereocenters. The molecule has 17 heavy (non-hydrogen) atoms. The number of halogens is 4. The molecule has 0 aliphatic carbocycles. The maximum atomic E-state index is 12.6. The van der Waals surface area contributed by atoms with Crippen molar-refractivity contribution in [3.8, 4) is 0 Å². The van der Waals surface area contributed by atoms with Crippen LogP contribution in [0.15, 0.2) is 30.3 Å². The fourth-order valence-corrected chi connectivity index (χ4v) is 1.24. The number of benzene rings is 1. The Morgan fingerprint density at radius 3 is 2.24 bits per heavy atom. The van der Waals surface area contributed by atoms with E-state index in [9.17, 15) is 17.6 Å². The SMILES string of the molecule is NCC(OCC(F)(F)C(F)F)c1ccccc1. The third kappa shape index (κ3) is 3.98. The van der Waals surface area contributed by atoms with Crippen molar-refractivity contribution in [1.29, 1.82) is 0 Å². The molecule has 0 spiro atoms. The van der Waals surface area contributed by atoms with Crippen LogP contribution in [0.5, 0.6) is 0 Å². The molecule has 2 nitrogen and oxygen atoms in total. The van der Waals surface area contributed by atoms with Crippen LogP contribution in [0.2, 0.25) is 0 Å². The van der Waals surface area contributed by atoms with Gasteiger partial charge in [-0.25, -0.2) is 8.78 Å². The summed E-state index contributed by atoms with van der Waals surface area (Å²) in [6.07, 6.45) is -4.54. The van der Waals surface area contributed by atoms with Gasteiger partial charge in [-0.3, -0.25) is 0 Å². The van der Waals surface area contributed by atoms with Gasteiger partial charge in [0.2, 0.25) is 0 Å². The maximum Gasteiger partial charge on any atom is 0.330 e. The van der Waals surface area contributed by atoms with E-state index in [1.54, 1.807) is 30.3 Å². The second-order valence-electron chi connectivity index (χ2n) is 3.51. The first-order chi connectivity index (χ1) is 7.97. The molecular weight excluding hydrogens is 238 g/mol. The predicted octanol–water partition coefficient (Wildman–Crippen LogP) is 2.60. The molecule has 0 aliphatic heterocycles. The summed E-state index contributed by atoms with van der Waals surface area (Å²) in [6, 6.07) is 8.39. The maximum absolute atomic E-state index is 12.6. The van der Waals surface area contributed by atoms with Gasteiger partial charge in [0.05, 0.1) is 6.10 Å². The summed E-state index contributed by atoms with van der Waals surface area (Å²) >= 11 is 0. The van der Waals surface area contributed by atoms with Crippen LogP contribution >= 0.6 is 0 Å². The highest BCUT2D eigenvalue weighted by Crippen LogP contribution is 2.26. The van der Waals surface area contributed by atoms with Crippen LogP contribution in [-0.4, -0.2) is 25.5 Å². The molecule has 6 heteroatoms. The van der Waals surface area contributed by atoms with E-state index in [0.29, 0.717) is 5.56 Å². The molecular formula is C11H13F4NO. The van der Waals surface area contributed by atoms with Crippen molar-refractivity contribution in [2.75, 3.05) is 13.2 Å². The van der Waals surface area contributed by atoms with E-state index < -0.39 is 25.1 Å². The lowest BCUT2D eigenvalue weighted by molar-refractivity contribution is -0.175. The van der Waals surface area contributed by atoms with Crippen LogP contribution in [0.3, 0.4) is 0 Å².